The van der Waals surface area contributed by atoms with Crippen LogP contribution in [0.25, 0.3) is 0 Å². The molecule has 0 aromatic carbocycles. The lowest BCUT2D eigenvalue weighted by atomic mass is 9.94. The summed E-state index contributed by atoms with van der Waals surface area (Å²) in [6, 6.07) is -7.18. The molecule has 1 aliphatic heterocycles. The number of unbranched alkanes of at least 4 members (excludes halogenated alkanes) is 1. The Labute approximate surface area is 234 Å². The van der Waals surface area contributed by atoms with E-state index in [4.69, 9.17) is 15.9 Å². The predicted octanol–water partition coefficient (Wildman–Crippen LogP) is -5.90. The summed E-state index contributed by atoms with van der Waals surface area (Å²) in [5.41, 5.74) is 5.39. The van der Waals surface area contributed by atoms with Crippen molar-refractivity contribution in [3.8, 4) is 0 Å². The van der Waals surface area contributed by atoms with Gasteiger partial charge in [-0.25, -0.2) is 0 Å². The number of rotatable bonds is 19. The lowest BCUT2D eigenvalue weighted by molar-refractivity contribution is -0.147. The van der Waals surface area contributed by atoms with E-state index in [2.05, 4.69) is 21.3 Å². The van der Waals surface area contributed by atoms with Crippen LogP contribution in [0.3, 0.4) is 0 Å². The first-order valence-corrected chi connectivity index (χ1v) is 12.8. The van der Waals surface area contributed by atoms with Crippen LogP contribution >= 0.6 is 0 Å². The average molecular weight is 590 g/mol. The second-order valence-corrected chi connectivity index (χ2v) is 9.08. The molecular formula is C23H37N6O12. The van der Waals surface area contributed by atoms with E-state index in [1.807, 2.05) is 5.32 Å². The maximum absolute atomic E-state index is 12.8. The van der Waals surface area contributed by atoms with Crippen molar-refractivity contribution in [2.75, 3.05) is 32.9 Å². The minimum absolute atomic E-state index is 0.186. The number of ketones is 1. The van der Waals surface area contributed by atoms with Gasteiger partial charge in [-0.2, -0.15) is 0 Å². The van der Waals surface area contributed by atoms with E-state index in [1.54, 1.807) is 0 Å². The van der Waals surface area contributed by atoms with E-state index in [0.717, 1.165) is 6.42 Å². The van der Waals surface area contributed by atoms with Crippen molar-refractivity contribution in [1.29, 1.82) is 0 Å². The Hall–Kier alpha value is -3.71. The van der Waals surface area contributed by atoms with Crippen LogP contribution in [0.4, 0.5) is 0 Å². The smallest absolute Gasteiger partial charge is 0.331 e. The number of aliphatic hydroxyl groups excluding tert-OH is 3. The summed E-state index contributed by atoms with van der Waals surface area (Å²) in [4.78, 5) is 85.3. The molecular weight excluding hydrogens is 552 g/mol. The Balaban J connectivity index is 2.90. The normalized spacial score (nSPS) is 17.5. The van der Waals surface area contributed by atoms with Gasteiger partial charge >= 0.3 is 11.9 Å². The number of carboxylic acids is 2. The molecule has 231 valence electrons. The van der Waals surface area contributed by atoms with Crippen molar-refractivity contribution in [2.45, 2.75) is 62.3 Å². The number of hydrogen-bond acceptors (Lipinski definition) is 12. The zero-order chi connectivity index (χ0) is 31.1. The van der Waals surface area contributed by atoms with Crippen molar-refractivity contribution in [3.63, 3.8) is 0 Å². The Morgan fingerprint density at radius 3 is 1.59 bits per heavy atom. The molecule has 5 atom stereocenters. The van der Waals surface area contributed by atoms with Crippen LogP contribution in [0, 0.1) is 5.92 Å². The number of carbonyl (C=O) groups excluding carboxylic acids is 5. The van der Waals surface area contributed by atoms with Gasteiger partial charge in [0, 0.05) is 0 Å². The van der Waals surface area contributed by atoms with Crippen molar-refractivity contribution >= 4 is 41.4 Å². The van der Waals surface area contributed by atoms with Crippen LogP contribution in [0.5, 0.6) is 0 Å². The number of aliphatic hydroxyl groups is 3. The topological polar surface area (TPSA) is 307 Å². The van der Waals surface area contributed by atoms with Gasteiger partial charge in [0.2, 0.25) is 23.6 Å². The Morgan fingerprint density at radius 1 is 0.732 bits per heavy atom. The van der Waals surface area contributed by atoms with Gasteiger partial charge in [-0.1, -0.05) is 0 Å². The van der Waals surface area contributed by atoms with Gasteiger partial charge in [0.15, 0.2) is 5.78 Å². The number of Topliss-reactive ketones (excluding diaryl/α,β-unsaturated/α-hetero) is 1. The maximum atomic E-state index is 12.8. The van der Waals surface area contributed by atoms with Gasteiger partial charge in [0.1, 0.15) is 18.1 Å². The van der Waals surface area contributed by atoms with Gasteiger partial charge < -0.3 is 57.9 Å². The Bertz CT molecular complexity index is 943. The molecule has 1 rings (SSSR count). The van der Waals surface area contributed by atoms with E-state index in [0.29, 0.717) is 19.4 Å². The zero-order valence-corrected chi connectivity index (χ0v) is 22.1. The zero-order valence-electron chi connectivity index (χ0n) is 22.1. The fourth-order valence-corrected chi connectivity index (χ4v) is 3.82. The second kappa shape index (κ2) is 17.9. The summed E-state index contributed by atoms with van der Waals surface area (Å²) in [5.74, 6) is -11.0. The summed E-state index contributed by atoms with van der Waals surface area (Å²) in [6.45, 7) is -2.10. The molecule has 41 heavy (non-hydrogen) atoms. The first-order chi connectivity index (χ1) is 19.4. The lowest BCUT2D eigenvalue weighted by Gasteiger charge is -2.25. The molecule has 12 N–H and O–H groups in total. The van der Waals surface area contributed by atoms with E-state index in [9.17, 15) is 48.9 Å². The van der Waals surface area contributed by atoms with E-state index < -0.39 is 97.3 Å². The Morgan fingerprint density at radius 2 is 1.20 bits per heavy atom. The third-order valence-electron chi connectivity index (χ3n) is 6.08. The largest absolute Gasteiger partial charge is 0.480 e. The molecule has 1 radical (unpaired) electrons. The predicted molar refractivity (Wildman–Crippen MR) is 136 cm³/mol. The first-order valence-electron chi connectivity index (χ1n) is 12.8. The SMILES string of the molecule is NCCCC[C@H](NC(=O)[C@H](CO)NC(=O)[C@H](CO)NC(=O)[C@H](CO)NC(=O)[C@@H]1CCCN1)C(=O)[C](C(=O)O)C(=O)O. The molecule has 0 saturated carbocycles. The monoisotopic (exact) mass is 589 g/mol. The third-order valence-corrected chi connectivity index (χ3v) is 6.08. The van der Waals surface area contributed by atoms with Crippen molar-refractivity contribution in [3.05, 3.63) is 5.92 Å². The number of carbonyl (C=O) groups is 7. The quantitative estimate of drug-likeness (QED) is 0.0494. The molecule has 0 bridgehead atoms. The summed E-state index contributed by atoms with van der Waals surface area (Å²) >= 11 is 0. The average Bonchev–Trinajstić information content (AvgIpc) is 3.47. The molecule has 18 heteroatoms. The summed E-state index contributed by atoms with van der Waals surface area (Å²) < 4.78 is 0. The van der Waals surface area contributed by atoms with Gasteiger partial charge in [0.25, 0.3) is 5.92 Å². The highest BCUT2D eigenvalue weighted by atomic mass is 16.4. The molecule has 0 aromatic heterocycles. The van der Waals surface area contributed by atoms with Gasteiger partial charge in [-0.3, -0.25) is 33.6 Å². The number of amides is 4. The van der Waals surface area contributed by atoms with Crippen LogP contribution in [-0.4, -0.2) is 130 Å². The lowest BCUT2D eigenvalue weighted by Crippen LogP contribution is -2.60. The molecule has 0 aliphatic carbocycles. The van der Waals surface area contributed by atoms with Crippen molar-refractivity contribution in [2.24, 2.45) is 5.73 Å². The third kappa shape index (κ3) is 11.0. The number of nitrogens with one attached hydrogen (secondary N) is 5. The van der Waals surface area contributed by atoms with Crippen LogP contribution in [0.2, 0.25) is 0 Å². The molecule has 18 nitrogen and oxygen atoms in total. The fraction of sp³-hybridized carbons (Fsp3) is 0.652. The molecule has 0 spiro atoms. The summed E-state index contributed by atoms with van der Waals surface area (Å²) in [5, 5.41) is 58.5. The summed E-state index contributed by atoms with van der Waals surface area (Å²) in [6.07, 6.45) is 1.58. The van der Waals surface area contributed by atoms with Crippen LogP contribution in [0.1, 0.15) is 32.1 Å². The first kappa shape index (κ1) is 35.3. The molecule has 1 fully saturated rings. The number of aliphatic carboxylic acids is 2. The van der Waals surface area contributed by atoms with Gasteiger partial charge in [-0.15, -0.1) is 0 Å². The number of nitrogens with two attached hydrogens (primary N) is 1. The highest BCUT2D eigenvalue weighted by molar-refractivity contribution is 6.31. The molecule has 1 aliphatic rings. The van der Waals surface area contributed by atoms with Gasteiger partial charge in [0.05, 0.1) is 31.9 Å². The fourth-order valence-electron chi connectivity index (χ4n) is 3.82. The maximum Gasteiger partial charge on any atom is 0.331 e. The van der Waals surface area contributed by atoms with Crippen LogP contribution < -0.4 is 32.3 Å². The van der Waals surface area contributed by atoms with Crippen molar-refractivity contribution in [1.82, 2.24) is 26.6 Å². The standard InChI is InChI=1S/C23H37N6O12/c24-6-2-1-4-11(17(33)16(22(38)39)23(40)41)26-19(35)13(8-30)28-21(37)15(10-32)29-20(36)14(9-31)27-18(34)12-5-3-7-25-12/h11-15,25,30-32H,1-10,24H2,(H,26,35)(H,27,34)(H,28,37)(H,29,36)(H,38,39)(H,40,41)/t11-,12-,13-,14-,15-/m0/s1. The molecule has 0 unspecified atom stereocenters. The van der Waals surface area contributed by atoms with E-state index in [-0.39, 0.29) is 19.4 Å². The number of carboxylic acid groups (broad SMARTS) is 2. The Kier molecular flexibility index (Phi) is 15.4. The van der Waals surface area contributed by atoms with Crippen molar-refractivity contribution < 1.29 is 59.1 Å². The highest BCUT2D eigenvalue weighted by Gasteiger charge is 2.41. The van der Waals surface area contributed by atoms with Gasteiger partial charge in [-0.05, 0) is 45.2 Å². The minimum atomic E-state index is -2.04. The minimum Gasteiger partial charge on any atom is -0.480 e. The molecule has 1 heterocycles. The van der Waals surface area contributed by atoms with E-state index in [1.165, 1.54) is 0 Å². The number of hydrogen-bond donors (Lipinski definition) is 11. The van der Waals surface area contributed by atoms with Crippen LogP contribution in [0.15, 0.2) is 0 Å². The molecule has 1 saturated heterocycles. The summed E-state index contributed by atoms with van der Waals surface area (Å²) in [7, 11) is 0. The molecule has 0 aromatic rings. The molecule has 4 amide bonds. The second-order valence-electron chi connectivity index (χ2n) is 9.08. The van der Waals surface area contributed by atoms with Crippen LogP contribution in [-0.2, 0) is 33.6 Å². The van der Waals surface area contributed by atoms with E-state index >= 15 is 0 Å². The highest BCUT2D eigenvalue weighted by Crippen LogP contribution is 2.12.